The van der Waals surface area contributed by atoms with E-state index >= 15 is 0 Å². The van der Waals surface area contributed by atoms with Crippen molar-refractivity contribution < 1.29 is 0 Å². The first-order chi connectivity index (χ1) is 12.8. The first kappa shape index (κ1) is 19.8. The van der Waals surface area contributed by atoms with Crippen LogP contribution in [0.4, 0.5) is 11.6 Å². The second-order valence-corrected chi connectivity index (χ2v) is 9.76. The fourth-order valence-corrected chi connectivity index (χ4v) is 3.96. The number of anilines is 2. The van der Waals surface area contributed by atoms with E-state index in [0.29, 0.717) is 20.9 Å². The molecule has 0 aliphatic heterocycles. The van der Waals surface area contributed by atoms with Gasteiger partial charge in [-0.05, 0) is 25.7 Å². The van der Waals surface area contributed by atoms with Gasteiger partial charge in [-0.3, -0.25) is 14.7 Å². The molecule has 2 heterocycles. The van der Waals surface area contributed by atoms with E-state index < -0.39 is 0 Å². The predicted molar refractivity (Wildman–Crippen MR) is 120 cm³/mol. The Balaban J connectivity index is 2.01. The molecule has 8 heteroatoms. The van der Waals surface area contributed by atoms with Crippen molar-refractivity contribution in [2.24, 2.45) is 12.0 Å². The lowest BCUT2D eigenvalue weighted by Crippen LogP contribution is -2.32. The van der Waals surface area contributed by atoms with Crippen LogP contribution in [0.25, 0.3) is 11.0 Å². The minimum absolute atomic E-state index is 0.0772. The Bertz CT molecular complexity index is 926. The monoisotopic (exact) mass is 480 g/mol. The topological polar surface area (TPSA) is 75.4 Å². The van der Waals surface area contributed by atoms with Gasteiger partial charge in [0, 0.05) is 35.8 Å². The summed E-state index contributed by atoms with van der Waals surface area (Å²) in [4.78, 5) is 27.1. The Hall–Kier alpha value is -1.97. The van der Waals surface area contributed by atoms with Gasteiger partial charge in [-0.1, -0.05) is 36.1 Å². The standard InChI is InChI=1S/C19H25IN6O/c1-5-26(12-21-3)18-22-11-15-17(24-18)14(10-16(27)25(15)4)23-13-6-8-19(2,20)9-7-13/h5,10-13,23H,1,6-9H2,2-4H3. The fourth-order valence-electron chi connectivity index (χ4n) is 3.34. The summed E-state index contributed by atoms with van der Waals surface area (Å²) >= 11 is 2.55. The van der Waals surface area contributed by atoms with Crippen molar-refractivity contribution in [3.8, 4) is 0 Å². The van der Waals surface area contributed by atoms with Gasteiger partial charge in [-0.2, -0.15) is 0 Å². The summed E-state index contributed by atoms with van der Waals surface area (Å²) in [6, 6.07) is 1.97. The first-order valence-corrected chi connectivity index (χ1v) is 10.1. The van der Waals surface area contributed by atoms with Crippen LogP contribution in [-0.4, -0.2) is 37.4 Å². The molecule has 144 valence electrons. The molecule has 1 saturated carbocycles. The van der Waals surface area contributed by atoms with E-state index in [1.54, 1.807) is 48.4 Å². The maximum Gasteiger partial charge on any atom is 0.252 e. The minimum atomic E-state index is -0.0772. The zero-order chi connectivity index (χ0) is 19.6. The van der Waals surface area contributed by atoms with E-state index in [4.69, 9.17) is 0 Å². The Morgan fingerprint density at radius 2 is 2.19 bits per heavy atom. The highest BCUT2D eigenvalue weighted by atomic mass is 127. The molecule has 1 N–H and O–H groups in total. The highest BCUT2D eigenvalue weighted by Crippen LogP contribution is 2.37. The number of hydrogen-bond donors (Lipinski definition) is 1. The van der Waals surface area contributed by atoms with E-state index in [2.05, 4.69) is 56.4 Å². The van der Waals surface area contributed by atoms with E-state index in [1.165, 1.54) is 0 Å². The number of halogens is 1. The van der Waals surface area contributed by atoms with Gasteiger partial charge < -0.3 is 9.88 Å². The summed E-state index contributed by atoms with van der Waals surface area (Å²) in [6.45, 7) is 6.08. The molecule has 0 amide bonds. The van der Waals surface area contributed by atoms with Crippen LogP contribution >= 0.6 is 22.6 Å². The van der Waals surface area contributed by atoms with Gasteiger partial charge in [0.15, 0.2) is 0 Å². The van der Waals surface area contributed by atoms with E-state index in [-0.39, 0.29) is 5.56 Å². The van der Waals surface area contributed by atoms with Crippen molar-refractivity contribution in [1.29, 1.82) is 0 Å². The van der Waals surface area contributed by atoms with E-state index in [9.17, 15) is 4.79 Å². The predicted octanol–water partition coefficient (Wildman–Crippen LogP) is 3.48. The second-order valence-electron chi connectivity index (χ2n) is 7.15. The number of aliphatic imine (C=N–C) groups is 1. The lowest BCUT2D eigenvalue weighted by molar-refractivity contribution is 0.409. The molecule has 2 aromatic rings. The van der Waals surface area contributed by atoms with Gasteiger partial charge in [0.25, 0.3) is 5.56 Å². The molecule has 0 unspecified atom stereocenters. The minimum Gasteiger partial charge on any atom is -0.380 e. The number of alkyl halides is 1. The third kappa shape index (κ3) is 4.31. The van der Waals surface area contributed by atoms with Crippen LogP contribution in [0.5, 0.6) is 0 Å². The SMILES string of the molecule is C=CN(C=NC)c1ncc2c(n1)c(NC1CCC(C)(I)CC1)cc(=O)n2C. The number of pyridine rings is 1. The number of nitrogens with zero attached hydrogens (tertiary/aromatic N) is 5. The molecule has 0 bridgehead atoms. The zero-order valence-corrected chi connectivity index (χ0v) is 18.1. The van der Waals surface area contributed by atoms with Crippen molar-refractivity contribution in [3.63, 3.8) is 0 Å². The summed E-state index contributed by atoms with van der Waals surface area (Å²) in [5, 5.41) is 3.56. The molecule has 0 atom stereocenters. The third-order valence-corrected chi connectivity index (χ3v) is 6.11. The van der Waals surface area contributed by atoms with Crippen molar-refractivity contribution >= 4 is 51.6 Å². The van der Waals surface area contributed by atoms with Gasteiger partial charge in [0.05, 0.1) is 23.7 Å². The number of aryl methyl sites for hydroxylation is 1. The summed E-state index contributed by atoms with van der Waals surface area (Å²) < 4.78 is 1.93. The smallest absolute Gasteiger partial charge is 0.252 e. The molecule has 0 saturated heterocycles. The van der Waals surface area contributed by atoms with Crippen molar-refractivity contribution in [1.82, 2.24) is 14.5 Å². The Kier molecular flexibility index (Phi) is 5.83. The molecule has 7 nitrogen and oxygen atoms in total. The summed E-state index contributed by atoms with van der Waals surface area (Å²) in [5.74, 6) is 0.466. The molecule has 2 aromatic heterocycles. The van der Waals surface area contributed by atoms with E-state index in [1.807, 2.05) is 0 Å². The Morgan fingerprint density at radius 3 is 2.81 bits per heavy atom. The molecule has 0 spiro atoms. The average molecular weight is 480 g/mol. The van der Waals surface area contributed by atoms with Crippen LogP contribution in [0.1, 0.15) is 32.6 Å². The number of aromatic nitrogens is 3. The molecule has 1 aliphatic rings. The quantitative estimate of drug-likeness (QED) is 0.307. The summed E-state index contributed by atoms with van der Waals surface area (Å²) in [6.07, 6.45) is 9.35. The van der Waals surface area contributed by atoms with Crippen LogP contribution in [0.3, 0.4) is 0 Å². The molecule has 0 aromatic carbocycles. The highest BCUT2D eigenvalue weighted by Gasteiger charge is 2.28. The molecule has 27 heavy (non-hydrogen) atoms. The van der Waals surface area contributed by atoms with Crippen molar-refractivity contribution in [2.75, 3.05) is 17.3 Å². The maximum absolute atomic E-state index is 12.4. The third-order valence-electron chi connectivity index (χ3n) is 5.03. The maximum atomic E-state index is 12.4. The highest BCUT2D eigenvalue weighted by molar-refractivity contribution is 14.1. The van der Waals surface area contributed by atoms with E-state index in [0.717, 1.165) is 36.9 Å². The molecule has 1 aliphatic carbocycles. The van der Waals surface area contributed by atoms with Gasteiger partial charge in [0.1, 0.15) is 5.52 Å². The van der Waals surface area contributed by atoms with Crippen molar-refractivity contribution in [3.05, 3.63) is 35.4 Å². The fraction of sp³-hybridized carbons (Fsp3) is 0.474. The average Bonchev–Trinajstić information content (AvgIpc) is 2.65. The normalized spacial score (nSPS) is 22.9. The van der Waals surface area contributed by atoms with Gasteiger partial charge in [-0.25, -0.2) is 9.97 Å². The van der Waals surface area contributed by atoms with Crippen LogP contribution in [-0.2, 0) is 7.05 Å². The number of hydrogen-bond acceptors (Lipinski definition) is 5. The van der Waals surface area contributed by atoms with Gasteiger partial charge in [-0.15, -0.1) is 0 Å². The summed E-state index contributed by atoms with van der Waals surface area (Å²) in [7, 11) is 3.41. The number of rotatable bonds is 5. The second kappa shape index (κ2) is 7.95. The number of nitrogens with one attached hydrogen (secondary N) is 1. The first-order valence-electron chi connectivity index (χ1n) is 9.00. The molecular formula is C19H25IN6O. The van der Waals surface area contributed by atoms with Gasteiger partial charge >= 0.3 is 0 Å². The molecular weight excluding hydrogens is 455 g/mol. The van der Waals surface area contributed by atoms with Crippen LogP contribution < -0.4 is 15.8 Å². The Labute approximate surface area is 172 Å². The Morgan fingerprint density at radius 1 is 1.48 bits per heavy atom. The molecule has 1 fully saturated rings. The van der Waals surface area contributed by atoms with Crippen LogP contribution in [0, 0.1) is 0 Å². The lowest BCUT2D eigenvalue weighted by Gasteiger charge is -2.33. The van der Waals surface area contributed by atoms with Crippen molar-refractivity contribution in [2.45, 2.75) is 42.1 Å². The largest absolute Gasteiger partial charge is 0.380 e. The molecule has 3 rings (SSSR count). The lowest BCUT2D eigenvalue weighted by atomic mass is 9.87. The van der Waals surface area contributed by atoms with Gasteiger partial charge in [0.2, 0.25) is 5.95 Å². The van der Waals surface area contributed by atoms with Crippen LogP contribution in [0.2, 0.25) is 0 Å². The molecule has 0 radical (unpaired) electrons. The number of fused-ring (bicyclic) bond motifs is 1. The zero-order valence-electron chi connectivity index (χ0n) is 15.9. The summed E-state index contributed by atoms with van der Waals surface area (Å²) in [5.41, 5.74) is 2.10. The van der Waals surface area contributed by atoms with Crippen LogP contribution in [0.15, 0.2) is 34.8 Å².